The molecule has 1 aromatic heterocycles. The monoisotopic (exact) mass is 262 g/mol. The molecule has 0 aromatic carbocycles. The van der Waals surface area contributed by atoms with Crippen LogP contribution < -0.4 is 0 Å². The topological polar surface area (TPSA) is 35.0 Å². The molecule has 0 radical (unpaired) electrons. The lowest BCUT2D eigenvalue weighted by Gasteiger charge is -2.13. The first-order valence-corrected chi connectivity index (χ1v) is 6.97. The minimum atomic E-state index is 0.484. The third-order valence-corrected chi connectivity index (χ3v) is 3.63. The van der Waals surface area contributed by atoms with Crippen LogP contribution in [0, 0.1) is 5.92 Å². The molecule has 16 heavy (non-hydrogen) atoms. The highest BCUT2D eigenvalue weighted by atomic mass is 35.5. The molecule has 92 valence electrons. The summed E-state index contributed by atoms with van der Waals surface area (Å²) < 4.78 is 10.0. The lowest BCUT2D eigenvalue weighted by molar-refractivity contribution is 0.0800. The smallest absolute Gasteiger partial charge is 0.139 e. The van der Waals surface area contributed by atoms with Crippen molar-refractivity contribution in [2.45, 2.75) is 46.1 Å². The van der Waals surface area contributed by atoms with E-state index in [4.69, 9.17) is 16.3 Å². The van der Waals surface area contributed by atoms with Gasteiger partial charge in [0.15, 0.2) is 0 Å². The highest BCUT2D eigenvalue weighted by Gasteiger charge is 2.09. The second kappa shape index (κ2) is 7.98. The van der Waals surface area contributed by atoms with Crippen molar-refractivity contribution >= 4 is 23.1 Å². The van der Waals surface area contributed by atoms with Crippen molar-refractivity contribution in [2.75, 3.05) is 6.61 Å². The first kappa shape index (κ1) is 13.9. The van der Waals surface area contributed by atoms with Gasteiger partial charge in [0, 0.05) is 18.1 Å². The molecular weight excluding hydrogens is 244 g/mol. The van der Waals surface area contributed by atoms with Crippen molar-refractivity contribution in [1.82, 2.24) is 9.59 Å². The van der Waals surface area contributed by atoms with Crippen LogP contribution in [0.15, 0.2) is 0 Å². The van der Waals surface area contributed by atoms with Crippen molar-refractivity contribution in [3.63, 3.8) is 0 Å². The zero-order valence-corrected chi connectivity index (χ0v) is 11.5. The summed E-state index contributed by atoms with van der Waals surface area (Å²) in [5.41, 5.74) is 0.761. The fraction of sp³-hybridized carbons (Fsp3) is 0.818. The summed E-state index contributed by atoms with van der Waals surface area (Å²) >= 11 is 7.09. The van der Waals surface area contributed by atoms with Crippen LogP contribution in [0.2, 0.25) is 4.34 Å². The highest BCUT2D eigenvalue weighted by Crippen LogP contribution is 2.19. The molecule has 0 aliphatic carbocycles. The molecule has 1 rings (SSSR count). The Morgan fingerprint density at radius 1 is 1.44 bits per heavy atom. The van der Waals surface area contributed by atoms with E-state index in [1.807, 2.05) is 0 Å². The maximum absolute atomic E-state index is 5.89. The van der Waals surface area contributed by atoms with Crippen molar-refractivity contribution < 1.29 is 4.74 Å². The van der Waals surface area contributed by atoms with Gasteiger partial charge in [0.25, 0.3) is 0 Å². The van der Waals surface area contributed by atoms with E-state index < -0.39 is 0 Å². The van der Waals surface area contributed by atoms with E-state index in [9.17, 15) is 0 Å². The Hall–Kier alpha value is -0.190. The number of nitrogens with zero attached hydrogens (tertiary/aromatic N) is 2. The maximum atomic E-state index is 5.89. The van der Waals surface area contributed by atoms with E-state index in [2.05, 4.69) is 23.4 Å². The average Bonchev–Trinajstić information content (AvgIpc) is 2.69. The van der Waals surface area contributed by atoms with Crippen LogP contribution in [-0.2, 0) is 11.3 Å². The molecule has 1 atom stereocenters. The summed E-state index contributed by atoms with van der Waals surface area (Å²) in [6.07, 6.45) is 4.94. The Labute approximate surface area is 106 Å². The lowest BCUT2D eigenvalue weighted by Crippen LogP contribution is -2.09. The predicted octanol–water partition coefficient (Wildman–Crippen LogP) is 3.92. The Balaban J connectivity index is 2.20. The van der Waals surface area contributed by atoms with E-state index in [0.29, 0.717) is 16.9 Å². The standard InChI is InChI=1S/C11H19ClN2OS/c1-3-5-6-9(4-2)7-15-8-10-11(12)16-14-13-10/h9H,3-8H2,1-2H3. The fourth-order valence-electron chi connectivity index (χ4n) is 1.50. The van der Waals surface area contributed by atoms with Gasteiger partial charge >= 0.3 is 0 Å². The van der Waals surface area contributed by atoms with Crippen LogP contribution in [0.5, 0.6) is 0 Å². The van der Waals surface area contributed by atoms with Crippen LogP contribution in [0.25, 0.3) is 0 Å². The summed E-state index contributed by atoms with van der Waals surface area (Å²) in [7, 11) is 0. The minimum absolute atomic E-state index is 0.484. The fourth-order valence-corrected chi connectivity index (χ4v) is 2.10. The van der Waals surface area contributed by atoms with Crippen molar-refractivity contribution in [3.8, 4) is 0 Å². The zero-order valence-electron chi connectivity index (χ0n) is 9.91. The molecule has 0 fully saturated rings. The van der Waals surface area contributed by atoms with Crippen LogP contribution in [-0.4, -0.2) is 16.2 Å². The largest absolute Gasteiger partial charge is 0.375 e. The summed E-state index contributed by atoms with van der Waals surface area (Å²) in [5.74, 6) is 0.658. The van der Waals surface area contributed by atoms with Gasteiger partial charge in [-0.1, -0.05) is 49.2 Å². The third-order valence-electron chi connectivity index (χ3n) is 2.65. The predicted molar refractivity (Wildman–Crippen MR) is 67.9 cm³/mol. The molecule has 1 heterocycles. The van der Waals surface area contributed by atoms with Crippen LogP contribution in [0.3, 0.4) is 0 Å². The first-order valence-electron chi connectivity index (χ1n) is 5.82. The van der Waals surface area contributed by atoms with Gasteiger partial charge in [0.05, 0.1) is 6.61 Å². The number of hydrogen-bond acceptors (Lipinski definition) is 4. The molecule has 5 heteroatoms. The molecule has 0 saturated carbocycles. The molecule has 0 bridgehead atoms. The van der Waals surface area contributed by atoms with Crippen molar-refractivity contribution in [1.29, 1.82) is 0 Å². The number of halogens is 1. The van der Waals surface area contributed by atoms with E-state index >= 15 is 0 Å². The van der Waals surface area contributed by atoms with Gasteiger partial charge in [-0.2, -0.15) is 0 Å². The van der Waals surface area contributed by atoms with Gasteiger partial charge in [-0.15, -0.1) is 5.10 Å². The minimum Gasteiger partial charge on any atom is -0.375 e. The Bertz CT molecular complexity index is 293. The summed E-state index contributed by atoms with van der Waals surface area (Å²) in [5, 5.41) is 3.91. The molecule has 0 N–H and O–H groups in total. The number of unbranched alkanes of at least 4 members (excludes halogenated alkanes) is 1. The Kier molecular flexibility index (Phi) is 6.92. The van der Waals surface area contributed by atoms with E-state index in [-0.39, 0.29) is 0 Å². The molecule has 0 saturated heterocycles. The van der Waals surface area contributed by atoms with Gasteiger partial charge in [0.2, 0.25) is 0 Å². The molecule has 1 unspecified atom stereocenters. The maximum Gasteiger partial charge on any atom is 0.139 e. The second-order valence-electron chi connectivity index (χ2n) is 3.92. The molecule has 0 amide bonds. The summed E-state index contributed by atoms with van der Waals surface area (Å²) in [4.78, 5) is 0. The quantitative estimate of drug-likeness (QED) is 0.712. The van der Waals surface area contributed by atoms with Crippen LogP contribution >= 0.6 is 23.1 Å². The molecule has 3 nitrogen and oxygen atoms in total. The number of aromatic nitrogens is 2. The first-order chi connectivity index (χ1) is 7.77. The number of rotatable bonds is 8. The van der Waals surface area contributed by atoms with Gasteiger partial charge in [-0.05, 0) is 12.3 Å². The highest BCUT2D eigenvalue weighted by molar-refractivity contribution is 7.10. The van der Waals surface area contributed by atoms with Crippen molar-refractivity contribution in [2.24, 2.45) is 5.92 Å². The average molecular weight is 263 g/mol. The lowest BCUT2D eigenvalue weighted by atomic mass is 10.0. The van der Waals surface area contributed by atoms with E-state index in [1.54, 1.807) is 0 Å². The molecule has 0 spiro atoms. The summed E-state index contributed by atoms with van der Waals surface area (Å²) in [6.45, 7) is 5.71. The van der Waals surface area contributed by atoms with Gasteiger partial charge < -0.3 is 4.74 Å². The van der Waals surface area contributed by atoms with E-state index in [0.717, 1.165) is 12.3 Å². The Morgan fingerprint density at radius 2 is 2.25 bits per heavy atom. The number of hydrogen-bond donors (Lipinski definition) is 0. The third kappa shape index (κ3) is 4.76. The Morgan fingerprint density at radius 3 is 2.81 bits per heavy atom. The molecule has 0 aliphatic rings. The molecular formula is C11H19ClN2OS. The SMILES string of the molecule is CCCCC(CC)COCc1nnsc1Cl. The zero-order chi connectivity index (χ0) is 11.8. The molecule has 1 aromatic rings. The molecule has 0 aliphatic heterocycles. The van der Waals surface area contributed by atoms with Crippen LogP contribution in [0.4, 0.5) is 0 Å². The van der Waals surface area contributed by atoms with Crippen molar-refractivity contribution in [3.05, 3.63) is 10.0 Å². The van der Waals surface area contributed by atoms with Gasteiger partial charge in [-0.3, -0.25) is 0 Å². The van der Waals surface area contributed by atoms with Gasteiger partial charge in [0.1, 0.15) is 10.0 Å². The van der Waals surface area contributed by atoms with Gasteiger partial charge in [-0.25, -0.2) is 0 Å². The number of ether oxygens (including phenoxy) is 1. The summed E-state index contributed by atoms with van der Waals surface area (Å²) in [6, 6.07) is 0. The second-order valence-corrected chi connectivity index (χ2v) is 5.28. The normalized spacial score (nSPS) is 12.9. The van der Waals surface area contributed by atoms with Crippen LogP contribution in [0.1, 0.15) is 45.2 Å². The van der Waals surface area contributed by atoms with E-state index in [1.165, 1.54) is 37.2 Å².